The van der Waals surface area contributed by atoms with Gasteiger partial charge in [0.05, 0.1) is 11.1 Å². The van der Waals surface area contributed by atoms with Gasteiger partial charge in [0, 0.05) is 0 Å². The normalized spacial score (nSPS) is 11.4. The number of aromatic nitrogens is 2. The van der Waals surface area contributed by atoms with Crippen LogP contribution in [0.25, 0.3) is 45.1 Å². The Morgan fingerprint density at radius 2 is 1.04 bits per heavy atom. The molecule has 0 saturated heterocycles. The smallest absolute Gasteiger partial charge is 0.231 e. The van der Waals surface area contributed by atoms with E-state index in [-0.39, 0.29) is 23.3 Å². The molecule has 2 aromatic heterocycles. The van der Waals surface area contributed by atoms with Crippen molar-refractivity contribution in [1.29, 1.82) is 0 Å². The van der Waals surface area contributed by atoms with Crippen molar-refractivity contribution in [2.75, 3.05) is 0 Å². The zero-order valence-electron chi connectivity index (χ0n) is 13.4. The summed E-state index contributed by atoms with van der Waals surface area (Å²) in [5.74, 6) is 0.268. The number of hydrogen-bond donors (Lipinski definition) is 2. The second-order valence-corrected chi connectivity index (χ2v) is 5.86. The van der Waals surface area contributed by atoms with Gasteiger partial charge in [-0.05, 0) is 36.4 Å². The number of benzene rings is 3. The third kappa shape index (κ3) is 2.20. The number of nitrogens with zero attached hydrogens (tertiary/aromatic N) is 2. The third-order valence-corrected chi connectivity index (χ3v) is 4.16. The number of rotatable bonds is 2. The standard InChI is InChI=1S/C20H12N2O4/c23-15-10-12(20-22-14-6-2-4-8-18(14)26-20)16(24)9-11(15)19-21-13-5-1-3-7-17(13)25-19/h1-10,23-24H. The highest BCUT2D eigenvalue weighted by Crippen LogP contribution is 2.40. The summed E-state index contributed by atoms with van der Waals surface area (Å²) in [5.41, 5.74) is 3.12. The van der Waals surface area contributed by atoms with Gasteiger partial charge in [-0.2, -0.15) is 0 Å². The fraction of sp³-hybridized carbons (Fsp3) is 0. The fourth-order valence-electron chi connectivity index (χ4n) is 2.89. The Morgan fingerprint density at radius 1 is 0.615 bits per heavy atom. The van der Waals surface area contributed by atoms with Gasteiger partial charge in [-0.3, -0.25) is 0 Å². The third-order valence-electron chi connectivity index (χ3n) is 4.16. The Morgan fingerprint density at radius 3 is 1.46 bits per heavy atom. The molecular weight excluding hydrogens is 332 g/mol. The molecule has 0 bridgehead atoms. The van der Waals surface area contributed by atoms with Gasteiger partial charge in [0.2, 0.25) is 11.8 Å². The maximum Gasteiger partial charge on any atom is 0.231 e. The first-order chi connectivity index (χ1) is 12.7. The summed E-state index contributed by atoms with van der Waals surface area (Å²) < 4.78 is 11.3. The predicted octanol–water partition coefficient (Wildman–Crippen LogP) is 4.71. The lowest BCUT2D eigenvalue weighted by Gasteiger charge is -2.05. The van der Waals surface area contributed by atoms with Gasteiger partial charge in [-0.15, -0.1) is 0 Å². The van der Waals surface area contributed by atoms with Gasteiger partial charge in [-0.1, -0.05) is 24.3 Å². The van der Waals surface area contributed by atoms with Gasteiger partial charge in [0.1, 0.15) is 22.5 Å². The van der Waals surface area contributed by atoms with E-state index in [1.807, 2.05) is 36.4 Å². The summed E-state index contributed by atoms with van der Waals surface area (Å²) in [6.45, 7) is 0. The number of hydrogen-bond acceptors (Lipinski definition) is 6. The first-order valence-electron chi connectivity index (χ1n) is 7.97. The molecule has 6 heteroatoms. The summed E-state index contributed by atoms with van der Waals surface area (Å²) >= 11 is 0. The highest BCUT2D eigenvalue weighted by Gasteiger charge is 2.19. The minimum absolute atomic E-state index is 0.0911. The highest BCUT2D eigenvalue weighted by atomic mass is 16.4. The number of aromatic hydroxyl groups is 2. The van der Waals surface area contributed by atoms with Crippen LogP contribution < -0.4 is 0 Å². The quantitative estimate of drug-likeness (QED) is 0.450. The van der Waals surface area contributed by atoms with Crippen molar-refractivity contribution in [2.24, 2.45) is 0 Å². The van der Waals surface area contributed by atoms with Gasteiger partial charge < -0.3 is 19.0 Å². The predicted molar refractivity (Wildman–Crippen MR) is 95.8 cm³/mol. The molecule has 5 rings (SSSR count). The summed E-state index contributed by atoms with van der Waals surface area (Å²) in [7, 11) is 0. The van der Waals surface area contributed by atoms with E-state index < -0.39 is 0 Å². The van der Waals surface area contributed by atoms with E-state index in [4.69, 9.17) is 8.83 Å². The van der Waals surface area contributed by atoms with Crippen LogP contribution in [0.15, 0.2) is 69.5 Å². The van der Waals surface area contributed by atoms with Crippen molar-refractivity contribution in [2.45, 2.75) is 0 Å². The Bertz CT molecular complexity index is 1100. The lowest BCUT2D eigenvalue weighted by Crippen LogP contribution is -1.84. The molecule has 26 heavy (non-hydrogen) atoms. The van der Waals surface area contributed by atoms with Crippen LogP contribution in [0.4, 0.5) is 0 Å². The van der Waals surface area contributed by atoms with E-state index in [9.17, 15) is 10.2 Å². The van der Waals surface area contributed by atoms with Gasteiger partial charge in [0.25, 0.3) is 0 Å². The molecule has 126 valence electrons. The summed E-state index contributed by atoms with van der Waals surface area (Å²) in [4.78, 5) is 8.69. The van der Waals surface area contributed by atoms with E-state index in [0.29, 0.717) is 33.3 Å². The SMILES string of the molecule is Oc1cc(-c2nc3ccccc3o2)c(O)cc1-c1nc2ccccc2o1. The molecule has 5 aromatic rings. The molecule has 0 aliphatic heterocycles. The van der Waals surface area contributed by atoms with Crippen LogP contribution in [0.5, 0.6) is 11.5 Å². The minimum Gasteiger partial charge on any atom is -0.507 e. The molecule has 3 aromatic carbocycles. The highest BCUT2D eigenvalue weighted by molar-refractivity contribution is 5.82. The van der Waals surface area contributed by atoms with E-state index in [0.717, 1.165) is 0 Å². The maximum absolute atomic E-state index is 10.5. The molecule has 0 aliphatic carbocycles. The van der Waals surface area contributed by atoms with Crippen molar-refractivity contribution in [3.63, 3.8) is 0 Å². The summed E-state index contributed by atoms with van der Waals surface area (Å²) in [5, 5.41) is 20.9. The second-order valence-electron chi connectivity index (χ2n) is 5.86. The lowest BCUT2D eigenvalue weighted by molar-refractivity contribution is 0.458. The van der Waals surface area contributed by atoms with Crippen molar-refractivity contribution < 1.29 is 19.0 Å². The fourth-order valence-corrected chi connectivity index (χ4v) is 2.89. The molecule has 0 atom stereocenters. The van der Waals surface area contributed by atoms with E-state index in [1.165, 1.54) is 12.1 Å². The van der Waals surface area contributed by atoms with Crippen LogP contribution in [-0.4, -0.2) is 20.2 Å². The molecule has 0 fully saturated rings. The van der Waals surface area contributed by atoms with E-state index >= 15 is 0 Å². The number of fused-ring (bicyclic) bond motifs is 2. The van der Waals surface area contributed by atoms with Crippen LogP contribution >= 0.6 is 0 Å². The Balaban J connectivity index is 1.64. The van der Waals surface area contributed by atoms with Crippen LogP contribution in [0.3, 0.4) is 0 Å². The first kappa shape index (κ1) is 14.5. The average Bonchev–Trinajstić information content (AvgIpc) is 3.26. The first-order valence-corrected chi connectivity index (χ1v) is 7.97. The second kappa shape index (κ2) is 5.35. The topological polar surface area (TPSA) is 92.5 Å². The minimum atomic E-state index is -0.0911. The molecular formula is C20H12N2O4. The van der Waals surface area contributed by atoms with Crippen LogP contribution in [0.1, 0.15) is 0 Å². The molecule has 0 saturated carbocycles. The molecule has 6 nitrogen and oxygen atoms in total. The van der Waals surface area contributed by atoms with Crippen LogP contribution in [0, 0.1) is 0 Å². The van der Waals surface area contributed by atoms with Gasteiger partial charge in [-0.25, -0.2) is 9.97 Å². The molecule has 0 spiro atoms. The maximum atomic E-state index is 10.5. The van der Waals surface area contributed by atoms with Crippen molar-refractivity contribution >= 4 is 22.2 Å². The lowest BCUT2D eigenvalue weighted by atomic mass is 10.1. The Kier molecular flexibility index (Phi) is 2.99. The number of para-hydroxylation sites is 4. The molecule has 2 heterocycles. The zero-order chi connectivity index (χ0) is 17.7. The summed E-state index contributed by atoms with van der Waals surface area (Å²) in [6, 6.07) is 17.4. The van der Waals surface area contributed by atoms with Gasteiger partial charge >= 0.3 is 0 Å². The zero-order valence-corrected chi connectivity index (χ0v) is 13.4. The van der Waals surface area contributed by atoms with Crippen molar-refractivity contribution in [3.05, 3.63) is 60.7 Å². The van der Waals surface area contributed by atoms with E-state index in [2.05, 4.69) is 9.97 Å². The monoisotopic (exact) mass is 344 g/mol. The molecule has 0 radical (unpaired) electrons. The van der Waals surface area contributed by atoms with Crippen LogP contribution in [-0.2, 0) is 0 Å². The molecule has 0 amide bonds. The van der Waals surface area contributed by atoms with Crippen molar-refractivity contribution in [1.82, 2.24) is 9.97 Å². The average molecular weight is 344 g/mol. The number of phenols is 2. The van der Waals surface area contributed by atoms with E-state index in [1.54, 1.807) is 12.1 Å². The summed E-state index contributed by atoms with van der Waals surface area (Å²) in [6.07, 6.45) is 0. The number of oxazole rings is 2. The molecule has 2 N–H and O–H groups in total. The van der Waals surface area contributed by atoms with Gasteiger partial charge in [0.15, 0.2) is 11.2 Å². The number of phenolic OH excluding ortho intramolecular Hbond substituents is 2. The Labute approximate surface area is 147 Å². The Hall–Kier alpha value is -3.80. The largest absolute Gasteiger partial charge is 0.507 e. The molecule has 0 unspecified atom stereocenters. The molecule has 0 aliphatic rings. The van der Waals surface area contributed by atoms with Crippen molar-refractivity contribution in [3.8, 4) is 34.4 Å². The van der Waals surface area contributed by atoms with Crippen LogP contribution in [0.2, 0.25) is 0 Å².